The minimum atomic E-state index is -5.03. The summed E-state index contributed by atoms with van der Waals surface area (Å²) >= 11 is 0. The van der Waals surface area contributed by atoms with Gasteiger partial charge in [-0.1, -0.05) is 298 Å². The first-order valence-electron chi connectivity index (χ1n) is 40.3. The smallest absolute Gasteiger partial charge is 0.462 e. The maximum Gasteiger partial charge on any atom is 0.472 e. The molecule has 19 heteroatoms. The second-order valence-corrected chi connectivity index (χ2v) is 28.8. The van der Waals surface area contributed by atoms with E-state index in [1.165, 1.54) is 19.3 Å². The first kappa shape index (κ1) is 102. The molecule has 0 fully saturated rings. The van der Waals surface area contributed by atoms with Crippen LogP contribution in [0.3, 0.4) is 0 Å². The summed E-state index contributed by atoms with van der Waals surface area (Å²) in [4.78, 5) is 73.0. The Bertz CT molecular complexity index is 2860. The molecule has 0 aromatic heterocycles. The van der Waals surface area contributed by atoms with Gasteiger partial charge in [0.15, 0.2) is 12.2 Å². The van der Waals surface area contributed by atoms with Crippen LogP contribution in [-0.2, 0) is 65.4 Å². The van der Waals surface area contributed by atoms with E-state index in [4.69, 9.17) is 37.0 Å². The summed E-state index contributed by atoms with van der Waals surface area (Å²) in [7, 11) is -10.1. The highest BCUT2D eigenvalue weighted by atomic mass is 31.2. The van der Waals surface area contributed by atoms with E-state index in [9.17, 15) is 43.2 Å². The number of allylic oxidation sites excluding steroid dienone is 32. The number of hydrogen-bond donors (Lipinski definition) is 3. The molecule has 0 saturated heterocycles. The van der Waals surface area contributed by atoms with Crippen LogP contribution in [0.2, 0.25) is 0 Å². The van der Waals surface area contributed by atoms with Crippen molar-refractivity contribution in [3.05, 3.63) is 207 Å². The lowest BCUT2D eigenvalue weighted by Crippen LogP contribution is -2.30. The van der Waals surface area contributed by atoms with E-state index in [2.05, 4.69) is 186 Å². The molecular formula is C89H140O17P2. The molecule has 0 radical (unpaired) electrons. The molecule has 0 heterocycles. The molecule has 17 nitrogen and oxygen atoms in total. The number of aliphatic hydroxyl groups is 1. The maximum atomic E-state index is 13.1. The minimum Gasteiger partial charge on any atom is -0.462 e. The molecule has 108 heavy (non-hydrogen) atoms. The molecule has 0 aromatic rings. The zero-order valence-electron chi connectivity index (χ0n) is 66.4. The van der Waals surface area contributed by atoms with Crippen LogP contribution in [0.25, 0.3) is 0 Å². The number of carbonyl (C=O) groups excluding carboxylic acids is 4. The van der Waals surface area contributed by atoms with Gasteiger partial charge in [0.1, 0.15) is 19.3 Å². The standard InChI is InChI=1S/C89H140O17P2/c1-5-9-13-17-21-25-29-33-37-39-41-43-47-49-53-57-61-65-69-73-86(91)99-79-84(105-88(93)75-71-67-63-59-55-51-45-35-31-27-23-19-15-11-7-3)81-103-107(95,96)101-77-83(90)78-102-108(97,98)104-82-85(106-89(94)76-72-68-64-60-56-52-46-36-32-28-24-20-16-12-8-4)80-100-87(92)74-70-66-62-58-54-50-48-44-42-40-38-34-30-26-22-18-14-10-6-2/h9,11-13,15-16,21-28,33-38,41-46,55-56,59-60,67-68,71-72,83-85,90H,5-8,10,14,17-20,29-32,39-40,47-54,57-58,61-66,69-70,73-82H2,1-4H3,(H,95,96)(H,97,98)/b13-9-,15-11-,16-12-,25-21-,26-22-,27-23-,28-24-,37-33-,38-34-,43-41-,44-42-,45-35-,46-36-,59-55-,60-56-,71-67-,72-68-. The van der Waals surface area contributed by atoms with E-state index in [1.807, 2.05) is 24.3 Å². The molecule has 0 rings (SSSR count). The largest absolute Gasteiger partial charge is 0.472 e. The van der Waals surface area contributed by atoms with Gasteiger partial charge in [-0.05, 0) is 154 Å². The third kappa shape index (κ3) is 77.8. The Balaban J connectivity index is 5.52. The molecule has 0 aliphatic rings. The van der Waals surface area contributed by atoms with Crippen molar-refractivity contribution in [2.24, 2.45) is 0 Å². The van der Waals surface area contributed by atoms with Crippen LogP contribution in [0.15, 0.2) is 207 Å². The lowest BCUT2D eigenvalue weighted by Gasteiger charge is -2.21. The Kier molecular flexibility index (Phi) is 74.1. The van der Waals surface area contributed by atoms with Crippen molar-refractivity contribution >= 4 is 39.5 Å². The van der Waals surface area contributed by atoms with Gasteiger partial charge in [0.25, 0.3) is 0 Å². The molecule has 0 saturated carbocycles. The van der Waals surface area contributed by atoms with Crippen LogP contribution in [0, 0.1) is 0 Å². The van der Waals surface area contributed by atoms with Crippen molar-refractivity contribution in [2.45, 2.75) is 290 Å². The van der Waals surface area contributed by atoms with Gasteiger partial charge in [-0.25, -0.2) is 9.13 Å². The van der Waals surface area contributed by atoms with Crippen molar-refractivity contribution in [1.29, 1.82) is 0 Å². The van der Waals surface area contributed by atoms with E-state index < -0.39 is 97.5 Å². The van der Waals surface area contributed by atoms with Crippen LogP contribution in [0.4, 0.5) is 0 Å². The molecule has 0 aliphatic carbocycles. The fourth-order valence-electron chi connectivity index (χ4n) is 9.78. The summed E-state index contributed by atoms with van der Waals surface area (Å²) in [5.74, 6) is -2.53. The Morgan fingerprint density at radius 1 is 0.278 bits per heavy atom. The number of phosphoric acid groups is 2. The maximum absolute atomic E-state index is 13.1. The number of ether oxygens (including phenoxy) is 4. The fourth-order valence-corrected chi connectivity index (χ4v) is 11.4. The van der Waals surface area contributed by atoms with Gasteiger partial charge < -0.3 is 33.8 Å². The SMILES string of the molecule is CC/C=C\C/C=C\C/C=C\C/C=C\C/C=C\CC(=O)OC(COC(=O)CCCCCCCC/C=C\C/C=C\C/C=C\C/C=C\CC)COP(=O)(O)OCC(O)COP(=O)(O)OCC(COC(=O)CCCCCCCC/C=C\C/C=C\C/C=C\CCCCC)OC(=O)C/C=C\C/C=C\C/C=C\C/C=C\C/C=C\CC. The summed E-state index contributed by atoms with van der Waals surface area (Å²) in [5.41, 5.74) is 0. The topological polar surface area (TPSA) is 237 Å². The Hall–Kier alpha value is -6.36. The summed E-state index contributed by atoms with van der Waals surface area (Å²) in [6.45, 7) is 4.21. The molecule has 5 atom stereocenters. The Morgan fingerprint density at radius 3 is 0.787 bits per heavy atom. The highest BCUT2D eigenvalue weighted by molar-refractivity contribution is 7.47. The first-order valence-corrected chi connectivity index (χ1v) is 43.3. The van der Waals surface area contributed by atoms with Crippen molar-refractivity contribution < 1.29 is 80.2 Å². The van der Waals surface area contributed by atoms with Gasteiger partial charge in [0.2, 0.25) is 0 Å². The number of phosphoric ester groups is 2. The van der Waals surface area contributed by atoms with Crippen molar-refractivity contribution in [2.75, 3.05) is 39.6 Å². The van der Waals surface area contributed by atoms with Gasteiger partial charge in [-0.3, -0.25) is 37.3 Å². The summed E-state index contributed by atoms with van der Waals surface area (Å²) < 4.78 is 68.3. The third-order valence-electron chi connectivity index (χ3n) is 15.8. The predicted octanol–water partition coefficient (Wildman–Crippen LogP) is 23.9. The van der Waals surface area contributed by atoms with E-state index >= 15 is 0 Å². The molecule has 0 aromatic carbocycles. The van der Waals surface area contributed by atoms with Gasteiger partial charge in [0.05, 0.1) is 39.3 Å². The van der Waals surface area contributed by atoms with E-state index in [-0.39, 0.29) is 25.7 Å². The number of aliphatic hydroxyl groups excluding tert-OH is 1. The predicted molar refractivity (Wildman–Crippen MR) is 445 cm³/mol. The zero-order valence-corrected chi connectivity index (χ0v) is 68.2. The lowest BCUT2D eigenvalue weighted by atomic mass is 10.1. The van der Waals surface area contributed by atoms with Crippen LogP contribution < -0.4 is 0 Å². The molecule has 0 bridgehead atoms. The second kappa shape index (κ2) is 78.8. The Morgan fingerprint density at radius 2 is 0.509 bits per heavy atom. The highest BCUT2D eigenvalue weighted by Gasteiger charge is 2.30. The fraction of sp³-hybridized carbons (Fsp3) is 0.573. The van der Waals surface area contributed by atoms with E-state index in [1.54, 1.807) is 24.3 Å². The van der Waals surface area contributed by atoms with Gasteiger partial charge in [-0.2, -0.15) is 0 Å². The molecular weight excluding hydrogens is 1400 g/mol. The van der Waals surface area contributed by atoms with Gasteiger partial charge in [-0.15, -0.1) is 0 Å². The van der Waals surface area contributed by atoms with Crippen molar-refractivity contribution in [3.63, 3.8) is 0 Å². The van der Waals surface area contributed by atoms with Crippen LogP contribution in [0.5, 0.6) is 0 Å². The van der Waals surface area contributed by atoms with E-state index in [0.717, 1.165) is 173 Å². The number of carbonyl (C=O) groups is 4. The second-order valence-electron chi connectivity index (χ2n) is 25.9. The zero-order chi connectivity index (χ0) is 78.9. The normalized spacial score (nSPS) is 14.9. The first-order chi connectivity index (χ1) is 52.7. The molecule has 0 spiro atoms. The molecule has 3 N–H and O–H groups in total. The number of rotatable bonds is 73. The third-order valence-corrected chi connectivity index (χ3v) is 17.7. The highest BCUT2D eigenvalue weighted by Crippen LogP contribution is 2.45. The van der Waals surface area contributed by atoms with Crippen LogP contribution in [-0.4, -0.2) is 96.7 Å². The number of hydrogen-bond acceptors (Lipinski definition) is 15. The van der Waals surface area contributed by atoms with Crippen molar-refractivity contribution in [1.82, 2.24) is 0 Å². The molecule has 0 amide bonds. The average Bonchev–Trinajstić information content (AvgIpc) is 0.907. The monoisotopic (exact) mass is 1540 g/mol. The Labute approximate surface area is 652 Å². The average molecular weight is 1540 g/mol. The quantitative estimate of drug-likeness (QED) is 0.0169. The van der Waals surface area contributed by atoms with Gasteiger partial charge >= 0.3 is 39.5 Å². The van der Waals surface area contributed by atoms with Crippen LogP contribution >= 0.6 is 15.6 Å². The molecule has 0 aliphatic heterocycles. The van der Waals surface area contributed by atoms with Crippen molar-refractivity contribution in [3.8, 4) is 0 Å². The number of unbranched alkanes of at least 4 members (excludes halogenated alkanes) is 15. The summed E-state index contributed by atoms with van der Waals surface area (Å²) in [6, 6.07) is 0. The summed E-state index contributed by atoms with van der Waals surface area (Å²) in [5, 5.41) is 10.6. The van der Waals surface area contributed by atoms with E-state index in [0.29, 0.717) is 25.7 Å². The van der Waals surface area contributed by atoms with Gasteiger partial charge in [0, 0.05) is 12.8 Å². The lowest BCUT2D eigenvalue weighted by molar-refractivity contribution is -0.160. The summed E-state index contributed by atoms with van der Waals surface area (Å²) in [6.07, 6.45) is 98.7. The molecule has 5 unspecified atom stereocenters. The van der Waals surface area contributed by atoms with Crippen LogP contribution in [0.1, 0.15) is 272 Å². The molecule has 608 valence electrons. The number of esters is 4. The minimum absolute atomic E-state index is 0.115.